The second-order valence-electron chi connectivity index (χ2n) is 26.7. The zero-order chi connectivity index (χ0) is 61.3. The first-order chi connectivity index (χ1) is 42.0. The molecular weight excluding hydrogens is 1040 g/mol. The number of amides is 1. The van der Waals surface area contributed by atoms with Crippen LogP contribution in [0.1, 0.15) is 431 Å². The van der Waals surface area contributed by atoms with Crippen molar-refractivity contribution in [3.8, 4) is 0 Å². The van der Waals surface area contributed by atoms with Gasteiger partial charge < -0.3 is 20.3 Å². The molecule has 0 heterocycles. The molecule has 0 fully saturated rings. The van der Waals surface area contributed by atoms with E-state index in [1.807, 2.05) is 6.08 Å². The van der Waals surface area contributed by atoms with E-state index < -0.39 is 12.1 Å². The normalized spacial score (nSPS) is 12.7. The molecule has 6 heteroatoms. The van der Waals surface area contributed by atoms with E-state index in [0.717, 1.165) is 51.4 Å². The summed E-state index contributed by atoms with van der Waals surface area (Å²) in [7, 11) is 0. The Kier molecular flexibility index (Phi) is 72.9. The summed E-state index contributed by atoms with van der Waals surface area (Å²) in [5.74, 6) is -0.0515. The lowest BCUT2D eigenvalue weighted by molar-refractivity contribution is -0.143. The summed E-state index contributed by atoms with van der Waals surface area (Å²) in [5.41, 5.74) is 0. The predicted molar refractivity (Wildman–Crippen MR) is 375 cm³/mol. The molecule has 0 spiro atoms. The van der Waals surface area contributed by atoms with E-state index in [0.29, 0.717) is 19.4 Å². The number of esters is 1. The van der Waals surface area contributed by atoms with Crippen LogP contribution >= 0.6 is 0 Å². The average molecular weight is 1200 g/mol. The van der Waals surface area contributed by atoms with Gasteiger partial charge in [-0.05, 0) is 57.8 Å². The fourth-order valence-electron chi connectivity index (χ4n) is 12.2. The lowest BCUT2D eigenvalue weighted by Crippen LogP contribution is -2.45. The molecule has 0 aromatic carbocycles. The third-order valence-corrected chi connectivity index (χ3v) is 18.2. The van der Waals surface area contributed by atoms with Crippen molar-refractivity contribution in [3.63, 3.8) is 0 Å². The van der Waals surface area contributed by atoms with Crippen LogP contribution in [0.25, 0.3) is 0 Å². The van der Waals surface area contributed by atoms with Gasteiger partial charge in [-0.3, -0.25) is 9.59 Å². The molecule has 0 radical (unpaired) electrons. The third-order valence-electron chi connectivity index (χ3n) is 18.2. The minimum Gasteiger partial charge on any atom is -0.466 e. The topological polar surface area (TPSA) is 95.9 Å². The Balaban J connectivity index is 3.35. The van der Waals surface area contributed by atoms with Crippen molar-refractivity contribution in [1.29, 1.82) is 0 Å². The van der Waals surface area contributed by atoms with Crippen molar-refractivity contribution in [2.45, 2.75) is 443 Å². The lowest BCUT2D eigenvalue weighted by Gasteiger charge is -2.20. The Morgan fingerprint density at radius 3 is 0.929 bits per heavy atom. The fourth-order valence-corrected chi connectivity index (χ4v) is 12.2. The summed E-state index contributed by atoms with van der Waals surface area (Å²) >= 11 is 0. The summed E-state index contributed by atoms with van der Waals surface area (Å²) in [6, 6.07) is -0.625. The Morgan fingerprint density at radius 2 is 0.600 bits per heavy atom. The van der Waals surface area contributed by atoms with Gasteiger partial charge in [0.25, 0.3) is 0 Å². The van der Waals surface area contributed by atoms with E-state index in [4.69, 9.17) is 4.74 Å². The smallest absolute Gasteiger partial charge is 0.305 e. The quantitative estimate of drug-likeness (QED) is 0.0320. The molecular formula is C79H151NO5. The summed E-state index contributed by atoms with van der Waals surface area (Å²) in [6.07, 6.45) is 96.9. The van der Waals surface area contributed by atoms with Crippen LogP contribution in [-0.4, -0.2) is 47.4 Å². The van der Waals surface area contributed by atoms with Gasteiger partial charge in [0, 0.05) is 12.8 Å². The van der Waals surface area contributed by atoms with Crippen LogP contribution in [0.4, 0.5) is 0 Å². The third kappa shape index (κ3) is 71.0. The number of aliphatic hydroxyl groups is 2. The largest absolute Gasteiger partial charge is 0.466 e. The summed E-state index contributed by atoms with van der Waals surface area (Å²) in [5, 5.41) is 23.3. The van der Waals surface area contributed by atoms with Crippen LogP contribution in [0, 0.1) is 0 Å². The summed E-state index contributed by atoms with van der Waals surface area (Å²) in [4.78, 5) is 24.6. The maximum absolute atomic E-state index is 12.5. The van der Waals surface area contributed by atoms with Gasteiger partial charge in [-0.15, -0.1) is 0 Å². The molecule has 502 valence electrons. The van der Waals surface area contributed by atoms with E-state index in [9.17, 15) is 19.8 Å². The molecule has 0 aromatic heterocycles. The van der Waals surface area contributed by atoms with E-state index in [1.165, 1.54) is 353 Å². The number of unbranched alkanes of at least 4 members (excludes halogenated alkanes) is 58. The lowest BCUT2D eigenvalue weighted by atomic mass is 10.0. The highest BCUT2D eigenvalue weighted by atomic mass is 16.5. The Morgan fingerprint density at radius 1 is 0.329 bits per heavy atom. The van der Waals surface area contributed by atoms with Gasteiger partial charge in [-0.25, -0.2) is 0 Å². The highest BCUT2D eigenvalue weighted by Crippen LogP contribution is 2.20. The highest BCUT2D eigenvalue weighted by Gasteiger charge is 2.18. The molecule has 0 saturated carbocycles. The molecule has 0 aromatic rings. The Hall–Kier alpha value is -1.92. The molecule has 2 atom stereocenters. The first-order valence-corrected chi connectivity index (χ1v) is 38.8. The van der Waals surface area contributed by atoms with E-state index in [2.05, 4.69) is 43.5 Å². The van der Waals surface area contributed by atoms with Gasteiger partial charge in [0.15, 0.2) is 0 Å². The van der Waals surface area contributed by atoms with Crippen molar-refractivity contribution in [2.75, 3.05) is 13.2 Å². The Bertz CT molecular complexity index is 1380. The van der Waals surface area contributed by atoms with Crippen LogP contribution in [0.3, 0.4) is 0 Å². The summed E-state index contributed by atoms with van der Waals surface area (Å²) in [6.45, 7) is 4.90. The molecule has 2 unspecified atom stereocenters. The second kappa shape index (κ2) is 74.5. The first kappa shape index (κ1) is 83.1. The van der Waals surface area contributed by atoms with Crippen LogP contribution in [-0.2, 0) is 14.3 Å². The zero-order valence-corrected chi connectivity index (χ0v) is 57.6. The Labute approximate surface area is 532 Å². The fraction of sp³-hybridized carbons (Fsp3) is 0.899. The van der Waals surface area contributed by atoms with E-state index >= 15 is 0 Å². The SMILES string of the molecule is CCCC/C=C\C/C=C\CCCCCCCC(=O)OCCCCCCCCCCCCCCCCCCCCCCCCCCCCCCCCCCCC(=O)NC(CO)C(O)/C=C/CCCCCCCCCCCCCCCCCCCCC. The van der Waals surface area contributed by atoms with Gasteiger partial charge in [0.05, 0.1) is 25.4 Å². The molecule has 0 saturated heterocycles. The van der Waals surface area contributed by atoms with Gasteiger partial charge in [-0.1, -0.05) is 397 Å². The first-order valence-electron chi connectivity index (χ1n) is 38.8. The van der Waals surface area contributed by atoms with E-state index in [1.54, 1.807) is 6.08 Å². The van der Waals surface area contributed by atoms with Gasteiger partial charge in [0.2, 0.25) is 5.91 Å². The van der Waals surface area contributed by atoms with Crippen LogP contribution < -0.4 is 5.32 Å². The number of rotatable bonds is 73. The molecule has 0 bridgehead atoms. The molecule has 1 amide bonds. The maximum Gasteiger partial charge on any atom is 0.305 e. The number of nitrogens with one attached hydrogen (secondary N) is 1. The number of hydrogen-bond acceptors (Lipinski definition) is 5. The maximum atomic E-state index is 12.5. The predicted octanol–water partition coefficient (Wildman–Crippen LogP) is 25.4. The number of aliphatic hydroxyl groups excluding tert-OH is 2. The standard InChI is InChI=1S/C79H151NO5/c1-3-5-7-9-11-13-15-17-19-20-21-35-38-41-44-47-51-55-59-63-67-71-77(82)76(75-81)80-78(83)72-68-64-60-56-52-48-45-42-39-36-33-31-29-27-25-23-22-24-26-28-30-32-34-37-40-43-46-50-54-58-62-66-70-74-85-79(84)73-69-65-61-57-53-49-18-16-14-12-10-8-6-4-2/h10,12,16,18,67,71,76-77,81-82H,3-9,11,13-15,17,19-66,68-70,72-75H2,1-2H3,(H,80,83)/b12-10-,18-16-,71-67+. The number of hydrogen-bond donors (Lipinski definition) is 3. The zero-order valence-electron chi connectivity index (χ0n) is 57.6. The molecule has 0 aliphatic heterocycles. The number of ether oxygens (including phenoxy) is 1. The summed E-state index contributed by atoms with van der Waals surface area (Å²) < 4.78 is 5.49. The van der Waals surface area contributed by atoms with Crippen LogP contribution in [0.5, 0.6) is 0 Å². The molecule has 0 aliphatic rings. The van der Waals surface area contributed by atoms with E-state index in [-0.39, 0.29) is 18.5 Å². The van der Waals surface area contributed by atoms with Crippen molar-refractivity contribution in [2.24, 2.45) is 0 Å². The molecule has 0 aliphatic carbocycles. The highest BCUT2D eigenvalue weighted by molar-refractivity contribution is 5.76. The second-order valence-corrected chi connectivity index (χ2v) is 26.7. The minimum absolute atomic E-state index is 0.00731. The van der Waals surface area contributed by atoms with Crippen molar-refractivity contribution in [3.05, 3.63) is 36.5 Å². The number of carbonyl (C=O) groups excluding carboxylic acids is 2. The number of carbonyl (C=O) groups is 2. The number of allylic oxidation sites excluding steroid dienone is 5. The molecule has 85 heavy (non-hydrogen) atoms. The monoisotopic (exact) mass is 1190 g/mol. The average Bonchev–Trinajstić information content (AvgIpc) is 3.51. The minimum atomic E-state index is -0.842. The molecule has 3 N–H and O–H groups in total. The van der Waals surface area contributed by atoms with Crippen molar-refractivity contribution in [1.82, 2.24) is 5.32 Å². The van der Waals surface area contributed by atoms with Crippen molar-refractivity contribution < 1.29 is 24.5 Å². The van der Waals surface area contributed by atoms with Gasteiger partial charge in [-0.2, -0.15) is 0 Å². The molecule has 6 nitrogen and oxygen atoms in total. The van der Waals surface area contributed by atoms with Crippen LogP contribution in [0.15, 0.2) is 36.5 Å². The van der Waals surface area contributed by atoms with Gasteiger partial charge in [0.1, 0.15) is 0 Å². The molecule has 0 rings (SSSR count). The van der Waals surface area contributed by atoms with Crippen LogP contribution in [0.2, 0.25) is 0 Å². The van der Waals surface area contributed by atoms with Crippen molar-refractivity contribution >= 4 is 11.9 Å². The van der Waals surface area contributed by atoms with Gasteiger partial charge >= 0.3 is 5.97 Å².